The number of hydrogen-bond acceptors (Lipinski definition) is 3. The second kappa shape index (κ2) is 7.47. The molecular weight excluding hydrogens is 258 g/mol. The summed E-state index contributed by atoms with van der Waals surface area (Å²) < 4.78 is 0. The Hall–Kier alpha value is -1.30. The van der Waals surface area contributed by atoms with Crippen molar-refractivity contribution in [1.82, 2.24) is 15.5 Å². The molecule has 0 aromatic heterocycles. The molecule has 0 spiro atoms. The molecule has 20 heavy (non-hydrogen) atoms. The van der Waals surface area contributed by atoms with Crippen LogP contribution in [0.1, 0.15) is 39.0 Å². The summed E-state index contributed by atoms with van der Waals surface area (Å²) in [6.07, 6.45) is 3.73. The van der Waals surface area contributed by atoms with Gasteiger partial charge in [0.1, 0.15) is 5.54 Å². The van der Waals surface area contributed by atoms with Gasteiger partial charge in [0.25, 0.3) is 0 Å². The number of amides is 2. The number of rotatable bonds is 6. The summed E-state index contributed by atoms with van der Waals surface area (Å²) in [7, 11) is 3.95. The van der Waals surface area contributed by atoms with Gasteiger partial charge in [-0.1, -0.05) is 19.8 Å². The number of urea groups is 1. The van der Waals surface area contributed by atoms with E-state index in [4.69, 9.17) is 0 Å². The average Bonchev–Trinajstić information content (AvgIpc) is 2.34. The molecule has 6 heteroatoms. The summed E-state index contributed by atoms with van der Waals surface area (Å²) >= 11 is 0. The van der Waals surface area contributed by atoms with Crippen LogP contribution in [0.2, 0.25) is 0 Å². The highest BCUT2D eigenvalue weighted by Crippen LogP contribution is 2.32. The summed E-state index contributed by atoms with van der Waals surface area (Å²) in [6.45, 7) is 3.48. The normalized spacial score (nSPS) is 26.3. The van der Waals surface area contributed by atoms with Gasteiger partial charge in [0.05, 0.1) is 0 Å². The fraction of sp³-hybridized carbons (Fsp3) is 0.857. The van der Waals surface area contributed by atoms with Crippen LogP contribution in [0.15, 0.2) is 0 Å². The van der Waals surface area contributed by atoms with E-state index in [0.717, 1.165) is 25.8 Å². The van der Waals surface area contributed by atoms with Crippen molar-refractivity contribution in [1.29, 1.82) is 0 Å². The van der Waals surface area contributed by atoms with Crippen LogP contribution < -0.4 is 10.6 Å². The molecule has 0 bridgehead atoms. The molecular formula is C14H27N3O3. The first-order chi connectivity index (χ1) is 9.35. The van der Waals surface area contributed by atoms with E-state index in [1.54, 1.807) is 0 Å². The minimum absolute atomic E-state index is 0.328. The minimum atomic E-state index is -1.09. The van der Waals surface area contributed by atoms with Crippen molar-refractivity contribution in [2.75, 3.05) is 27.2 Å². The van der Waals surface area contributed by atoms with Crippen LogP contribution in [0.4, 0.5) is 4.79 Å². The maximum Gasteiger partial charge on any atom is 0.329 e. The van der Waals surface area contributed by atoms with Crippen LogP contribution in [0.3, 0.4) is 0 Å². The lowest BCUT2D eigenvalue weighted by atomic mass is 9.76. The summed E-state index contributed by atoms with van der Waals surface area (Å²) in [5.41, 5.74) is -1.09. The number of carbonyl (C=O) groups is 2. The largest absolute Gasteiger partial charge is 0.480 e. The number of carbonyl (C=O) groups excluding carboxylic acids is 1. The van der Waals surface area contributed by atoms with Gasteiger partial charge in [0.2, 0.25) is 0 Å². The zero-order valence-electron chi connectivity index (χ0n) is 12.7. The van der Waals surface area contributed by atoms with Crippen molar-refractivity contribution in [2.24, 2.45) is 5.92 Å². The molecule has 2 unspecified atom stereocenters. The summed E-state index contributed by atoms with van der Waals surface area (Å²) in [5, 5.41) is 14.9. The molecule has 0 aromatic carbocycles. The highest BCUT2D eigenvalue weighted by molar-refractivity contribution is 5.86. The second-order valence-electron chi connectivity index (χ2n) is 6.13. The van der Waals surface area contributed by atoms with E-state index in [-0.39, 0.29) is 6.03 Å². The first kappa shape index (κ1) is 16.8. The van der Waals surface area contributed by atoms with Gasteiger partial charge < -0.3 is 20.6 Å². The number of aliphatic carboxylic acids is 1. The maximum atomic E-state index is 11.9. The average molecular weight is 285 g/mol. The third-order valence-corrected chi connectivity index (χ3v) is 3.83. The molecule has 6 nitrogen and oxygen atoms in total. The fourth-order valence-electron chi connectivity index (χ4n) is 2.77. The molecule has 3 N–H and O–H groups in total. The Labute approximate surface area is 120 Å². The van der Waals surface area contributed by atoms with Crippen molar-refractivity contribution in [2.45, 2.75) is 44.6 Å². The standard InChI is InChI=1S/C14H27N3O3/c1-11-6-4-7-14(10-11,12(18)19)16-13(20)15-8-5-9-17(2)3/h11H,4-10H2,1-3H3,(H,18,19)(H2,15,16,20). The van der Waals surface area contributed by atoms with E-state index >= 15 is 0 Å². The van der Waals surface area contributed by atoms with Gasteiger partial charge in [0, 0.05) is 6.54 Å². The molecule has 1 aliphatic rings. The van der Waals surface area contributed by atoms with Gasteiger partial charge in [-0.3, -0.25) is 0 Å². The third-order valence-electron chi connectivity index (χ3n) is 3.83. The van der Waals surface area contributed by atoms with Gasteiger partial charge in [-0.2, -0.15) is 0 Å². The Morgan fingerprint density at radius 1 is 1.40 bits per heavy atom. The Balaban J connectivity index is 2.45. The molecule has 0 radical (unpaired) electrons. The predicted octanol–water partition coefficient (Wildman–Crippen LogP) is 1.27. The molecule has 0 aromatic rings. The predicted molar refractivity (Wildman–Crippen MR) is 77.7 cm³/mol. The van der Waals surface area contributed by atoms with E-state index in [1.165, 1.54) is 0 Å². The SMILES string of the molecule is CC1CCCC(NC(=O)NCCCN(C)C)(C(=O)O)C1. The number of nitrogens with one attached hydrogen (secondary N) is 2. The zero-order valence-corrected chi connectivity index (χ0v) is 12.7. The van der Waals surface area contributed by atoms with Crippen molar-refractivity contribution >= 4 is 12.0 Å². The highest BCUT2D eigenvalue weighted by atomic mass is 16.4. The molecule has 0 heterocycles. The second-order valence-corrected chi connectivity index (χ2v) is 6.13. The molecule has 0 aliphatic heterocycles. The molecule has 1 fully saturated rings. The number of hydrogen-bond donors (Lipinski definition) is 3. The Bertz CT molecular complexity index is 347. The number of carboxylic acid groups (broad SMARTS) is 1. The monoisotopic (exact) mass is 285 g/mol. The Morgan fingerprint density at radius 3 is 2.65 bits per heavy atom. The first-order valence-corrected chi connectivity index (χ1v) is 7.30. The van der Waals surface area contributed by atoms with Crippen LogP contribution in [-0.2, 0) is 4.79 Å². The number of nitrogens with zero attached hydrogens (tertiary/aromatic N) is 1. The smallest absolute Gasteiger partial charge is 0.329 e. The van der Waals surface area contributed by atoms with Gasteiger partial charge in [-0.05, 0) is 45.8 Å². The van der Waals surface area contributed by atoms with Gasteiger partial charge in [-0.25, -0.2) is 9.59 Å². The molecule has 2 atom stereocenters. The van der Waals surface area contributed by atoms with Crippen LogP contribution >= 0.6 is 0 Å². The van der Waals surface area contributed by atoms with Crippen molar-refractivity contribution in [3.05, 3.63) is 0 Å². The molecule has 2 amide bonds. The van der Waals surface area contributed by atoms with E-state index < -0.39 is 11.5 Å². The lowest BCUT2D eigenvalue weighted by Crippen LogP contribution is -2.59. The summed E-state index contributed by atoms with van der Waals surface area (Å²) in [6, 6.07) is -0.375. The van der Waals surface area contributed by atoms with E-state index in [2.05, 4.69) is 10.6 Å². The molecule has 116 valence electrons. The van der Waals surface area contributed by atoms with Crippen molar-refractivity contribution < 1.29 is 14.7 Å². The zero-order chi connectivity index (χ0) is 15.2. The third kappa shape index (κ3) is 5.00. The van der Waals surface area contributed by atoms with Crippen LogP contribution in [-0.4, -0.2) is 54.7 Å². The van der Waals surface area contributed by atoms with Crippen molar-refractivity contribution in [3.8, 4) is 0 Å². The lowest BCUT2D eigenvalue weighted by molar-refractivity contribution is -0.146. The maximum absolute atomic E-state index is 11.9. The van der Waals surface area contributed by atoms with Crippen LogP contribution in [0.25, 0.3) is 0 Å². The lowest BCUT2D eigenvalue weighted by Gasteiger charge is -2.37. The molecule has 1 rings (SSSR count). The van der Waals surface area contributed by atoms with E-state index in [9.17, 15) is 14.7 Å². The summed E-state index contributed by atoms with van der Waals surface area (Å²) in [4.78, 5) is 25.4. The molecule has 1 saturated carbocycles. The van der Waals surface area contributed by atoms with Gasteiger partial charge in [-0.15, -0.1) is 0 Å². The Morgan fingerprint density at radius 2 is 2.10 bits per heavy atom. The number of carboxylic acids is 1. The fourth-order valence-corrected chi connectivity index (χ4v) is 2.77. The Kier molecular flexibility index (Phi) is 6.26. The first-order valence-electron chi connectivity index (χ1n) is 7.30. The summed E-state index contributed by atoms with van der Waals surface area (Å²) in [5.74, 6) is -0.596. The molecule has 1 aliphatic carbocycles. The van der Waals surface area contributed by atoms with Crippen LogP contribution in [0.5, 0.6) is 0 Å². The van der Waals surface area contributed by atoms with E-state index in [1.807, 2.05) is 25.9 Å². The van der Waals surface area contributed by atoms with Crippen LogP contribution in [0, 0.1) is 5.92 Å². The quantitative estimate of drug-likeness (QED) is 0.642. The topological polar surface area (TPSA) is 81.7 Å². The van der Waals surface area contributed by atoms with Crippen molar-refractivity contribution in [3.63, 3.8) is 0 Å². The van der Waals surface area contributed by atoms with E-state index in [0.29, 0.717) is 25.3 Å². The molecule has 0 saturated heterocycles. The minimum Gasteiger partial charge on any atom is -0.480 e. The highest BCUT2D eigenvalue weighted by Gasteiger charge is 2.43. The van der Waals surface area contributed by atoms with Gasteiger partial charge >= 0.3 is 12.0 Å². The van der Waals surface area contributed by atoms with Gasteiger partial charge in [0.15, 0.2) is 0 Å².